The Labute approximate surface area is 103 Å². The topological polar surface area (TPSA) is 12.0 Å². The van der Waals surface area contributed by atoms with Crippen molar-refractivity contribution < 1.29 is 0 Å². The summed E-state index contributed by atoms with van der Waals surface area (Å²) in [6.45, 7) is 2.20. The van der Waals surface area contributed by atoms with E-state index in [-0.39, 0.29) is 0 Å². The normalized spacial score (nSPS) is 15.0. The fourth-order valence-electron chi connectivity index (χ4n) is 2.44. The van der Waals surface area contributed by atoms with Crippen molar-refractivity contribution in [3.05, 3.63) is 40.8 Å². The molecule has 1 aromatic heterocycles. The van der Waals surface area contributed by atoms with Crippen LogP contribution in [0.5, 0.6) is 0 Å². The van der Waals surface area contributed by atoms with Crippen molar-refractivity contribution in [3.8, 4) is 11.1 Å². The molecular formula is C13H15NSSi. The number of hydrogen-bond acceptors (Lipinski definition) is 2. The van der Waals surface area contributed by atoms with Gasteiger partial charge in [0.25, 0.3) is 0 Å². The minimum Gasteiger partial charge on any atom is -0.312 e. The van der Waals surface area contributed by atoms with Gasteiger partial charge in [-0.25, -0.2) is 0 Å². The molecule has 2 heterocycles. The monoisotopic (exact) mass is 245 g/mol. The van der Waals surface area contributed by atoms with Crippen LogP contribution < -0.4 is 9.82 Å². The maximum Gasteiger partial charge on any atom is 0.0522 e. The van der Waals surface area contributed by atoms with Crippen molar-refractivity contribution in [1.29, 1.82) is 0 Å². The van der Waals surface area contributed by atoms with Gasteiger partial charge in [-0.3, -0.25) is 0 Å². The van der Waals surface area contributed by atoms with Gasteiger partial charge in [-0.1, -0.05) is 30.3 Å². The van der Waals surface area contributed by atoms with Gasteiger partial charge in [0.15, 0.2) is 0 Å². The van der Waals surface area contributed by atoms with Crippen molar-refractivity contribution in [2.45, 2.75) is 13.0 Å². The molecule has 0 atom stereocenters. The van der Waals surface area contributed by atoms with Crippen LogP contribution >= 0.6 is 11.3 Å². The number of benzene rings is 1. The highest BCUT2D eigenvalue weighted by molar-refractivity contribution is 7.21. The largest absolute Gasteiger partial charge is 0.312 e. The van der Waals surface area contributed by atoms with Gasteiger partial charge in [-0.2, -0.15) is 11.3 Å². The quantitative estimate of drug-likeness (QED) is 0.741. The molecule has 0 amide bonds. The predicted molar refractivity (Wildman–Crippen MR) is 74.7 cm³/mol. The molecule has 1 aliphatic heterocycles. The molecule has 0 saturated carbocycles. The zero-order valence-corrected chi connectivity index (χ0v) is 12.2. The molecule has 0 aliphatic carbocycles. The van der Waals surface area contributed by atoms with Gasteiger partial charge in [0.1, 0.15) is 0 Å². The van der Waals surface area contributed by atoms with Crippen LogP contribution in [-0.2, 0) is 13.0 Å². The molecule has 1 aliphatic rings. The number of hydrogen-bond donors (Lipinski definition) is 1. The Morgan fingerprint density at radius 2 is 2.00 bits per heavy atom. The second-order valence-electron chi connectivity index (χ2n) is 4.23. The second-order valence-corrected chi connectivity index (χ2v) is 7.26. The molecule has 2 aromatic rings. The molecule has 0 fully saturated rings. The van der Waals surface area contributed by atoms with Crippen LogP contribution in [0.15, 0.2) is 30.3 Å². The molecule has 0 radical (unpaired) electrons. The van der Waals surface area contributed by atoms with Crippen molar-refractivity contribution in [1.82, 2.24) is 5.32 Å². The summed E-state index contributed by atoms with van der Waals surface area (Å²) in [5.41, 5.74) is 4.49. The van der Waals surface area contributed by atoms with E-state index < -0.39 is 0 Å². The standard InChI is InChI=1S/C13H15NSSi/c16-13-12(9-4-2-1-3-5-9)10-8-14-7-6-11(10)15-13/h1-5,14H,6-8H2,16H3. The van der Waals surface area contributed by atoms with Crippen molar-refractivity contribution in [2.75, 3.05) is 6.54 Å². The third-order valence-electron chi connectivity index (χ3n) is 3.16. The Morgan fingerprint density at radius 1 is 1.19 bits per heavy atom. The second kappa shape index (κ2) is 4.16. The van der Waals surface area contributed by atoms with Gasteiger partial charge in [0.05, 0.1) is 10.2 Å². The van der Waals surface area contributed by atoms with E-state index in [0.29, 0.717) is 0 Å². The molecule has 0 spiro atoms. The minimum absolute atomic E-state index is 1.05. The van der Waals surface area contributed by atoms with Gasteiger partial charge >= 0.3 is 0 Å². The molecule has 16 heavy (non-hydrogen) atoms. The van der Waals surface area contributed by atoms with E-state index in [4.69, 9.17) is 0 Å². The summed E-state index contributed by atoms with van der Waals surface area (Å²) in [4.78, 5) is 1.61. The van der Waals surface area contributed by atoms with Crippen LogP contribution in [0, 0.1) is 0 Å². The summed E-state index contributed by atoms with van der Waals surface area (Å²) in [5.74, 6) is 0. The van der Waals surface area contributed by atoms with Crippen LogP contribution in [-0.4, -0.2) is 16.8 Å². The van der Waals surface area contributed by atoms with Crippen LogP contribution in [0.3, 0.4) is 0 Å². The van der Waals surface area contributed by atoms with Crippen molar-refractivity contribution in [2.24, 2.45) is 0 Å². The Morgan fingerprint density at radius 3 is 2.81 bits per heavy atom. The Balaban J connectivity index is 2.17. The molecule has 82 valence electrons. The fraction of sp³-hybridized carbons (Fsp3) is 0.231. The van der Waals surface area contributed by atoms with E-state index in [1.54, 1.807) is 14.9 Å². The van der Waals surface area contributed by atoms with Gasteiger partial charge in [0, 0.05) is 18.0 Å². The third kappa shape index (κ3) is 1.65. The lowest BCUT2D eigenvalue weighted by Gasteiger charge is -2.14. The lowest BCUT2D eigenvalue weighted by atomic mass is 10.0. The summed E-state index contributed by atoms with van der Waals surface area (Å²) >= 11 is 2.03. The Hall–Kier alpha value is -0.903. The number of nitrogens with one attached hydrogen (secondary N) is 1. The average molecular weight is 245 g/mol. The van der Waals surface area contributed by atoms with E-state index in [1.807, 2.05) is 11.3 Å². The maximum absolute atomic E-state index is 3.49. The first-order valence-electron chi connectivity index (χ1n) is 5.73. The van der Waals surface area contributed by atoms with E-state index in [0.717, 1.165) is 23.3 Å². The predicted octanol–water partition coefficient (Wildman–Crippen LogP) is 1.05. The van der Waals surface area contributed by atoms with E-state index in [9.17, 15) is 0 Å². The Bertz CT molecular complexity index is 504. The van der Waals surface area contributed by atoms with Crippen LogP contribution in [0.25, 0.3) is 11.1 Å². The summed E-state index contributed by atoms with van der Waals surface area (Å²) in [5, 5.41) is 3.49. The molecular weight excluding hydrogens is 230 g/mol. The first-order valence-corrected chi connectivity index (χ1v) is 7.55. The smallest absolute Gasteiger partial charge is 0.0522 e. The van der Waals surface area contributed by atoms with Crippen LogP contribution in [0.4, 0.5) is 0 Å². The SMILES string of the molecule is [SiH3]c1sc2c(c1-c1ccccc1)CNCC2. The van der Waals surface area contributed by atoms with E-state index in [1.165, 1.54) is 17.5 Å². The lowest BCUT2D eigenvalue weighted by molar-refractivity contribution is 0.654. The molecule has 1 N–H and O–H groups in total. The zero-order chi connectivity index (χ0) is 11.0. The van der Waals surface area contributed by atoms with Gasteiger partial charge < -0.3 is 5.32 Å². The molecule has 3 heteroatoms. The highest BCUT2D eigenvalue weighted by atomic mass is 32.1. The molecule has 3 rings (SSSR count). The summed E-state index contributed by atoms with van der Waals surface area (Å²) < 4.78 is 1.60. The minimum atomic E-state index is 1.05. The number of rotatable bonds is 1. The summed E-state index contributed by atoms with van der Waals surface area (Å²) in [6.07, 6.45) is 1.21. The van der Waals surface area contributed by atoms with Crippen LogP contribution in [0.1, 0.15) is 10.4 Å². The maximum atomic E-state index is 3.49. The summed E-state index contributed by atoms with van der Waals surface area (Å²) in [7, 11) is 1.16. The number of thiophene rings is 1. The molecule has 0 saturated heterocycles. The lowest BCUT2D eigenvalue weighted by Crippen LogP contribution is -2.22. The van der Waals surface area contributed by atoms with Crippen LogP contribution in [0.2, 0.25) is 0 Å². The highest BCUT2D eigenvalue weighted by Gasteiger charge is 2.18. The van der Waals surface area contributed by atoms with E-state index in [2.05, 4.69) is 35.6 Å². The highest BCUT2D eigenvalue weighted by Crippen LogP contribution is 2.30. The van der Waals surface area contributed by atoms with Gasteiger partial charge in [0.2, 0.25) is 0 Å². The van der Waals surface area contributed by atoms with E-state index >= 15 is 0 Å². The van der Waals surface area contributed by atoms with Gasteiger partial charge in [-0.15, -0.1) is 0 Å². The first-order chi connectivity index (χ1) is 7.86. The Kier molecular flexibility index (Phi) is 2.67. The van der Waals surface area contributed by atoms with Gasteiger partial charge in [-0.05, 0) is 27.6 Å². The number of fused-ring (bicyclic) bond motifs is 1. The average Bonchev–Trinajstić information content (AvgIpc) is 2.66. The van der Waals surface area contributed by atoms with Crippen molar-refractivity contribution >= 4 is 26.1 Å². The molecule has 1 aromatic carbocycles. The summed E-state index contributed by atoms with van der Waals surface area (Å²) in [6, 6.07) is 10.8. The molecule has 0 bridgehead atoms. The first kappa shape index (κ1) is 10.3. The molecule has 1 nitrogen and oxygen atoms in total. The fourth-order valence-corrected chi connectivity index (χ4v) is 4.98. The molecule has 0 unspecified atom stereocenters. The third-order valence-corrected chi connectivity index (χ3v) is 5.48. The zero-order valence-electron chi connectivity index (χ0n) is 9.42. The van der Waals surface area contributed by atoms with Crippen molar-refractivity contribution in [3.63, 3.8) is 0 Å².